The molecule has 0 aliphatic carbocycles. The van der Waals surface area contributed by atoms with Crippen molar-refractivity contribution in [3.05, 3.63) is 22.0 Å². The van der Waals surface area contributed by atoms with Crippen LogP contribution in [0.1, 0.15) is 59.9 Å². The second-order valence-corrected chi connectivity index (χ2v) is 7.93. The number of thiophene rings is 1. The van der Waals surface area contributed by atoms with Gasteiger partial charge >= 0.3 is 0 Å². The highest BCUT2D eigenvalue weighted by molar-refractivity contribution is 7.20. The molecule has 124 valence electrons. The number of nitrogens with zero attached hydrogens (tertiary/aromatic N) is 3. The van der Waals surface area contributed by atoms with Crippen molar-refractivity contribution in [3.63, 3.8) is 0 Å². The predicted molar refractivity (Wildman–Crippen MR) is 95.1 cm³/mol. The molecular weight excluding hydrogens is 306 g/mol. The van der Waals surface area contributed by atoms with Crippen LogP contribution in [0.4, 0.5) is 0 Å². The van der Waals surface area contributed by atoms with Crippen molar-refractivity contribution in [3.8, 4) is 0 Å². The van der Waals surface area contributed by atoms with Crippen LogP contribution in [0.5, 0.6) is 0 Å². The lowest BCUT2D eigenvalue weighted by Crippen LogP contribution is -2.39. The van der Waals surface area contributed by atoms with Crippen LogP contribution in [0.25, 0.3) is 10.2 Å². The van der Waals surface area contributed by atoms with Gasteiger partial charge in [0.2, 0.25) is 0 Å². The van der Waals surface area contributed by atoms with Crippen LogP contribution in [-0.2, 0) is 0 Å². The van der Waals surface area contributed by atoms with Crippen LogP contribution in [0.3, 0.4) is 0 Å². The van der Waals surface area contributed by atoms with Crippen molar-refractivity contribution in [1.82, 2.24) is 14.9 Å². The van der Waals surface area contributed by atoms with Crippen LogP contribution >= 0.6 is 11.3 Å². The van der Waals surface area contributed by atoms with E-state index in [0.29, 0.717) is 12.0 Å². The van der Waals surface area contributed by atoms with Gasteiger partial charge in [0, 0.05) is 23.7 Å². The number of hydrogen-bond acceptors (Lipinski definition) is 4. The maximum absolute atomic E-state index is 13.2. The van der Waals surface area contributed by atoms with E-state index in [4.69, 9.17) is 0 Å². The quantitative estimate of drug-likeness (QED) is 0.784. The number of fused-ring (bicyclic) bond motifs is 1. The molecule has 0 aromatic carbocycles. The Morgan fingerprint density at radius 2 is 1.91 bits per heavy atom. The maximum atomic E-state index is 13.2. The molecule has 4 nitrogen and oxygen atoms in total. The molecule has 0 unspecified atom stereocenters. The summed E-state index contributed by atoms with van der Waals surface area (Å²) >= 11 is 1.52. The van der Waals surface area contributed by atoms with Crippen molar-refractivity contribution in [2.24, 2.45) is 5.92 Å². The van der Waals surface area contributed by atoms with E-state index < -0.39 is 0 Å². The Morgan fingerprint density at radius 1 is 1.17 bits per heavy atom. The molecule has 0 N–H and O–H groups in total. The summed E-state index contributed by atoms with van der Waals surface area (Å²) in [6.07, 6.45) is 3.52. The highest BCUT2D eigenvalue weighted by Gasteiger charge is 2.29. The Kier molecular flexibility index (Phi) is 4.41. The van der Waals surface area contributed by atoms with Gasteiger partial charge in [-0.3, -0.25) is 4.79 Å². The summed E-state index contributed by atoms with van der Waals surface area (Å²) in [5.41, 5.74) is 2.01. The molecule has 1 amide bonds. The zero-order chi connectivity index (χ0) is 16.7. The van der Waals surface area contributed by atoms with Gasteiger partial charge in [-0.05, 0) is 52.0 Å². The summed E-state index contributed by atoms with van der Waals surface area (Å²) in [6, 6.07) is 0.311. The molecule has 1 aliphatic rings. The first kappa shape index (κ1) is 16.4. The van der Waals surface area contributed by atoms with Crippen LogP contribution in [0.15, 0.2) is 0 Å². The average molecular weight is 331 g/mol. The Hall–Kier alpha value is -1.49. The number of likely N-dealkylation sites (tertiary alicyclic amines) is 1. The number of carbonyl (C=O) groups is 1. The summed E-state index contributed by atoms with van der Waals surface area (Å²) in [5.74, 6) is 1.51. The maximum Gasteiger partial charge on any atom is 0.264 e. The molecule has 2 aromatic rings. The first-order valence-electron chi connectivity index (χ1n) is 8.43. The largest absolute Gasteiger partial charge is 0.335 e. The lowest BCUT2D eigenvalue weighted by atomic mass is 10.1. The van der Waals surface area contributed by atoms with Crippen LogP contribution in [0, 0.1) is 26.7 Å². The summed E-state index contributed by atoms with van der Waals surface area (Å²) < 4.78 is 0. The number of carbonyl (C=O) groups excluding carboxylic acids is 1. The molecule has 1 aliphatic heterocycles. The second kappa shape index (κ2) is 6.19. The van der Waals surface area contributed by atoms with E-state index in [0.717, 1.165) is 45.1 Å². The molecular formula is C18H25N3OS. The van der Waals surface area contributed by atoms with E-state index in [9.17, 15) is 4.79 Å². The standard InChI is InChI=1S/C18H25N3OS/c1-10-7-6-8-11(2)21(9-10)18(22)16-12(3)15-13(4)19-14(5)20-17(15)23-16/h10-11H,6-9H2,1-5H3/t10-,11-/m1/s1. The van der Waals surface area contributed by atoms with Crippen molar-refractivity contribution in [2.45, 2.75) is 59.9 Å². The molecule has 0 radical (unpaired) electrons. The van der Waals surface area contributed by atoms with Gasteiger partial charge in [0.05, 0.1) is 4.88 Å². The number of rotatable bonds is 1. The van der Waals surface area contributed by atoms with Gasteiger partial charge in [-0.1, -0.05) is 13.3 Å². The van der Waals surface area contributed by atoms with E-state index in [1.54, 1.807) is 0 Å². The summed E-state index contributed by atoms with van der Waals surface area (Å²) in [5, 5.41) is 1.06. The first-order valence-corrected chi connectivity index (χ1v) is 9.25. The molecule has 23 heavy (non-hydrogen) atoms. The third kappa shape index (κ3) is 2.99. The van der Waals surface area contributed by atoms with Gasteiger partial charge in [-0.2, -0.15) is 0 Å². The lowest BCUT2D eigenvalue weighted by molar-refractivity contribution is 0.0682. The van der Waals surface area contributed by atoms with Gasteiger partial charge < -0.3 is 4.90 Å². The summed E-state index contributed by atoms with van der Waals surface area (Å²) in [6.45, 7) is 11.2. The molecule has 2 atom stereocenters. The minimum atomic E-state index is 0.170. The molecule has 3 heterocycles. The summed E-state index contributed by atoms with van der Waals surface area (Å²) in [7, 11) is 0. The van der Waals surface area contributed by atoms with Gasteiger partial charge in [0.15, 0.2) is 0 Å². The number of hydrogen-bond donors (Lipinski definition) is 0. The van der Waals surface area contributed by atoms with Gasteiger partial charge in [-0.25, -0.2) is 9.97 Å². The zero-order valence-corrected chi connectivity index (χ0v) is 15.5. The Bertz CT molecular complexity index is 752. The van der Waals surface area contributed by atoms with E-state index >= 15 is 0 Å². The molecule has 0 bridgehead atoms. The number of aromatic nitrogens is 2. The molecule has 5 heteroatoms. The van der Waals surface area contributed by atoms with Crippen molar-refractivity contribution in [1.29, 1.82) is 0 Å². The van der Waals surface area contributed by atoms with E-state index in [2.05, 4.69) is 28.7 Å². The normalized spacial score (nSPS) is 22.4. The first-order chi connectivity index (χ1) is 10.9. The molecule has 0 spiro atoms. The van der Waals surface area contributed by atoms with E-state index in [1.165, 1.54) is 24.2 Å². The Morgan fingerprint density at radius 3 is 2.65 bits per heavy atom. The lowest BCUT2D eigenvalue weighted by Gasteiger charge is -2.28. The van der Waals surface area contributed by atoms with Gasteiger partial charge in [0.25, 0.3) is 5.91 Å². The van der Waals surface area contributed by atoms with Crippen LogP contribution in [0.2, 0.25) is 0 Å². The zero-order valence-electron chi connectivity index (χ0n) is 14.6. The van der Waals surface area contributed by atoms with Crippen molar-refractivity contribution < 1.29 is 4.79 Å². The summed E-state index contributed by atoms with van der Waals surface area (Å²) in [4.78, 5) is 26.0. The molecule has 0 saturated carbocycles. The second-order valence-electron chi connectivity index (χ2n) is 6.94. The van der Waals surface area contributed by atoms with Gasteiger partial charge in [0.1, 0.15) is 10.7 Å². The van der Waals surface area contributed by atoms with E-state index in [-0.39, 0.29) is 5.91 Å². The van der Waals surface area contributed by atoms with Crippen molar-refractivity contribution >= 4 is 27.5 Å². The SMILES string of the molecule is Cc1nc(C)c2c(C)c(C(=O)N3C[C@H](C)CCC[C@H]3C)sc2n1. The minimum Gasteiger partial charge on any atom is -0.335 e. The van der Waals surface area contributed by atoms with Gasteiger partial charge in [-0.15, -0.1) is 11.3 Å². The minimum absolute atomic E-state index is 0.170. The smallest absolute Gasteiger partial charge is 0.264 e. The fraction of sp³-hybridized carbons (Fsp3) is 0.611. The fourth-order valence-electron chi connectivity index (χ4n) is 3.62. The topological polar surface area (TPSA) is 46.1 Å². The number of amides is 1. The van der Waals surface area contributed by atoms with Crippen LogP contribution in [-0.4, -0.2) is 33.4 Å². The highest BCUT2D eigenvalue weighted by Crippen LogP contribution is 2.33. The third-order valence-corrected chi connectivity index (χ3v) is 6.07. The van der Waals surface area contributed by atoms with E-state index in [1.807, 2.05) is 20.8 Å². The predicted octanol–water partition coefficient (Wildman–Crippen LogP) is 4.27. The fourth-order valence-corrected chi connectivity index (χ4v) is 4.85. The van der Waals surface area contributed by atoms with Crippen molar-refractivity contribution in [2.75, 3.05) is 6.54 Å². The molecule has 2 aromatic heterocycles. The monoisotopic (exact) mass is 331 g/mol. The molecule has 3 rings (SSSR count). The third-order valence-electron chi connectivity index (χ3n) is 4.90. The highest BCUT2D eigenvalue weighted by atomic mass is 32.1. The Labute approximate surface area is 141 Å². The number of aryl methyl sites for hydroxylation is 3. The molecule has 1 saturated heterocycles. The Balaban J connectivity index is 2.03. The molecule has 1 fully saturated rings. The van der Waals surface area contributed by atoms with Crippen LogP contribution < -0.4 is 0 Å². The average Bonchev–Trinajstić information content (AvgIpc) is 2.70.